The Morgan fingerprint density at radius 3 is 2.70 bits per heavy atom. The van der Waals surface area contributed by atoms with Crippen LogP contribution in [0.2, 0.25) is 0 Å². The summed E-state index contributed by atoms with van der Waals surface area (Å²) >= 11 is 0. The maximum atomic E-state index is 4.12. The van der Waals surface area contributed by atoms with Crippen LogP contribution in [0.3, 0.4) is 0 Å². The molecule has 0 fully saturated rings. The molecule has 0 unspecified atom stereocenters. The van der Waals surface area contributed by atoms with Crippen LogP contribution in [0.15, 0.2) is 17.3 Å². The summed E-state index contributed by atoms with van der Waals surface area (Å²) in [6.07, 6.45) is 2.90. The van der Waals surface area contributed by atoms with Crippen molar-refractivity contribution in [1.29, 1.82) is 0 Å². The summed E-state index contributed by atoms with van der Waals surface area (Å²) in [5.41, 5.74) is 0.989. The molecule has 0 aromatic heterocycles. The van der Waals surface area contributed by atoms with Crippen molar-refractivity contribution < 1.29 is 0 Å². The van der Waals surface area contributed by atoms with Gasteiger partial charge in [-0.3, -0.25) is 0 Å². The van der Waals surface area contributed by atoms with E-state index in [-0.39, 0.29) is 0 Å². The second-order valence-electron chi connectivity index (χ2n) is 2.47. The molecule has 0 amide bonds. The van der Waals surface area contributed by atoms with E-state index in [4.69, 9.17) is 0 Å². The van der Waals surface area contributed by atoms with Gasteiger partial charge in [-0.25, -0.2) is 0 Å². The van der Waals surface area contributed by atoms with E-state index in [1.54, 1.807) is 6.21 Å². The van der Waals surface area contributed by atoms with Gasteiger partial charge >= 0.3 is 0 Å². The molecular weight excluding hydrogens is 124 g/mol. The monoisotopic (exact) mass is 140 g/mol. The molecule has 0 atom stereocenters. The summed E-state index contributed by atoms with van der Waals surface area (Å²) in [4.78, 5) is 0. The third-order valence-electron chi connectivity index (χ3n) is 1.02. The lowest BCUT2D eigenvalue weighted by Gasteiger charge is -2.09. The van der Waals surface area contributed by atoms with E-state index in [2.05, 4.69) is 18.6 Å². The number of hydrogen-bond acceptors (Lipinski definition) is 2. The first-order valence-corrected chi connectivity index (χ1v) is 3.57. The van der Waals surface area contributed by atoms with Gasteiger partial charge in [-0.15, -0.1) is 0 Å². The Bertz CT molecular complexity index is 127. The SMILES string of the molecule is C=C(C)/C=N\N(C)CCC. The predicted octanol–water partition coefficient (Wildman–Crippen LogP) is 1.89. The van der Waals surface area contributed by atoms with Gasteiger partial charge in [0.1, 0.15) is 0 Å². The predicted molar refractivity (Wildman–Crippen MR) is 46.2 cm³/mol. The first kappa shape index (κ1) is 9.21. The largest absolute Gasteiger partial charge is 0.300 e. The molecule has 0 radical (unpaired) electrons. The molecule has 0 rings (SSSR count). The van der Waals surface area contributed by atoms with Crippen LogP contribution >= 0.6 is 0 Å². The van der Waals surface area contributed by atoms with E-state index < -0.39 is 0 Å². The van der Waals surface area contributed by atoms with Gasteiger partial charge in [-0.05, 0) is 18.9 Å². The molecule has 0 aromatic carbocycles. The Morgan fingerprint density at radius 1 is 1.70 bits per heavy atom. The van der Waals surface area contributed by atoms with Crippen LogP contribution in [0.1, 0.15) is 20.3 Å². The van der Waals surface area contributed by atoms with Gasteiger partial charge in [-0.2, -0.15) is 5.10 Å². The van der Waals surface area contributed by atoms with Crippen molar-refractivity contribution in [2.75, 3.05) is 13.6 Å². The molecule has 0 spiro atoms. The lowest BCUT2D eigenvalue weighted by atomic mass is 10.4. The van der Waals surface area contributed by atoms with Crippen LogP contribution in [0.4, 0.5) is 0 Å². The van der Waals surface area contributed by atoms with Crippen molar-refractivity contribution in [2.24, 2.45) is 5.10 Å². The average molecular weight is 140 g/mol. The molecule has 0 aliphatic carbocycles. The summed E-state index contributed by atoms with van der Waals surface area (Å²) in [5, 5.41) is 6.03. The normalized spacial score (nSPS) is 10.3. The minimum atomic E-state index is 0.989. The number of nitrogens with zero attached hydrogens (tertiary/aromatic N) is 2. The zero-order chi connectivity index (χ0) is 7.98. The van der Waals surface area contributed by atoms with E-state index in [0.717, 1.165) is 18.5 Å². The molecule has 0 aliphatic heterocycles. The molecule has 10 heavy (non-hydrogen) atoms. The molecule has 2 heteroatoms. The van der Waals surface area contributed by atoms with Crippen molar-refractivity contribution in [2.45, 2.75) is 20.3 Å². The van der Waals surface area contributed by atoms with Gasteiger partial charge in [0.25, 0.3) is 0 Å². The van der Waals surface area contributed by atoms with Crippen LogP contribution in [0, 0.1) is 0 Å². The second-order valence-corrected chi connectivity index (χ2v) is 2.47. The zero-order valence-corrected chi connectivity index (χ0v) is 7.09. The van der Waals surface area contributed by atoms with Gasteiger partial charge in [0, 0.05) is 19.8 Å². The molecule has 0 saturated carbocycles. The van der Waals surface area contributed by atoms with Gasteiger partial charge < -0.3 is 5.01 Å². The smallest absolute Gasteiger partial charge is 0.0493 e. The summed E-state index contributed by atoms with van der Waals surface area (Å²) < 4.78 is 0. The van der Waals surface area contributed by atoms with Crippen LogP contribution in [0.5, 0.6) is 0 Å². The topological polar surface area (TPSA) is 15.6 Å². The van der Waals surface area contributed by atoms with E-state index in [0.29, 0.717) is 0 Å². The minimum Gasteiger partial charge on any atom is -0.300 e. The lowest BCUT2D eigenvalue weighted by Crippen LogP contribution is -2.11. The Labute approximate surface area is 63.2 Å². The zero-order valence-electron chi connectivity index (χ0n) is 7.09. The van der Waals surface area contributed by atoms with Crippen molar-refractivity contribution in [3.05, 3.63) is 12.2 Å². The molecule has 2 nitrogen and oxygen atoms in total. The summed E-state index contributed by atoms with van der Waals surface area (Å²) in [5.74, 6) is 0. The Balaban J connectivity index is 3.55. The highest BCUT2D eigenvalue weighted by atomic mass is 15.4. The van der Waals surface area contributed by atoms with Crippen LogP contribution in [-0.4, -0.2) is 24.8 Å². The van der Waals surface area contributed by atoms with E-state index in [1.807, 2.05) is 19.0 Å². The summed E-state index contributed by atoms with van der Waals surface area (Å²) in [6.45, 7) is 8.78. The highest BCUT2D eigenvalue weighted by molar-refractivity contribution is 5.76. The fraction of sp³-hybridized carbons (Fsp3) is 0.625. The average Bonchev–Trinajstić information content (AvgIpc) is 1.85. The Hall–Kier alpha value is -0.790. The van der Waals surface area contributed by atoms with Crippen LogP contribution in [-0.2, 0) is 0 Å². The van der Waals surface area contributed by atoms with Gasteiger partial charge in [0.05, 0.1) is 0 Å². The molecule has 0 saturated heterocycles. The third-order valence-corrected chi connectivity index (χ3v) is 1.02. The second kappa shape index (κ2) is 5.03. The van der Waals surface area contributed by atoms with Crippen molar-refractivity contribution in [3.63, 3.8) is 0 Å². The molecule has 0 aliphatic rings. The van der Waals surface area contributed by atoms with Crippen LogP contribution < -0.4 is 0 Å². The third kappa shape index (κ3) is 5.35. The molecule has 0 N–H and O–H groups in total. The molecular formula is C8H16N2. The highest BCUT2D eigenvalue weighted by Gasteiger charge is 1.86. The first-order chi connectivity index (χ1) is 4.66. The fourth-order valence-electron chi connectivity index (χ4n) is 0.578. The fourth-order valence-corrected chi connectivity index (χ4v) is 0.578. The van der Waals surface area contributed by atoms with Crippen LogP contribution in [0.25, 0.3) is 0 Å². The molecule has 58 valence electrons. The maximum Gasteiger partial charge on any atom is 0.0493 e. The lowest BCUT2D eigenvalue weighted by molar-refractivity contribution is 0.357. The number of hydrazone groups is 1. The summed E-state index contributed by atoms with van der Waals surface area (Å²) in [7, 11) is 1.96. The number of rotatable bonds is 4. The van der Waals surface area contributed by atoms with Gasteiger partial charge in [0.2, 0.25) is 0 Å². The van der Waals surface area contributed by atoms with E-state index in [1.165, 1.54) is 0 Å². The maximum absolute atomic E-state index is 4.12. The Kier molecular flexibility index (Phi) is 4.63. The van der Waals surface area contributed by atoms with Crippen molar-refractivity contribution in [1.82, 2.24) is 5.01 Å². The first-order valence-electron chi connectivity index (χ1n) is 3.57. The highest BCUT2D eigenvalue weighted by Crippen LogP contribution is 1.87. The minimum absolute atomic E-state index is 0.989. The number of allylic oxidation sites excluding steroid dienone is 1. The standard InChI is InChI=1S/C8H16N2/c1-5-6-10(4)9-7-8(2)3/h7H,2,5-6H2,1,3-4H3/b9-7-. The summed E-state index contributed by atoms with van der Waals surface area (Å²) in [6, 6.07) is 0. The van der Waals surface area contributed by atoms with E-state index >= 15 is 0 Å². The van der Waals surface area contributed by atoms with Crippen molar-refractivity contribution >= 4 is 6.21 Å². The van der Waals surface area contributed by atoms with Crippen molar-refractivity contribution in [3.8, 4) is 0 Å². The van der Waals surface area contributed by atoms with Gasteiger partial charge in [-0.1, -0.05) is 13.5 Å². The Morgan fingerprint density at radius 2 is 2.30 bits per heavy atom. The van der Waals surface area contributed by atoms with E-state index in [9.17, 15) is 0 Å². The van der Waals surface area contributed by atoms with Gasteiger partial charge in [0.15, 0.2) is 0 Å². The quantitative estimate of drug-likeness (QED) is 0.430. The number of hydrogen-bond donors (Lipinski definition) is 0. The molecule has 0 aromatic rings. The molecule has 0 bridgehead atoms. The molecule has 0 heterocycles.